The molecule has 37 heavy (non-hydrogen) atoms. The van der Waals surface area contributed by atoms with Crippen LogP contribution in [0.4, 0.5) is 5.69 Å². The first-order chi connectivity index (χ1) is 17.5. The van der Waals surface area contributed by atoms with Gasteiger partial charge in [0.25, 0.3) is 5.91 Å². The first-order valence-corrected chi connectivity index (χ1v) is 14.6. The van der Waals surface area contributed by atoms with Gasteiger partial charge in [-0.2, -0.15) is 4.57 Å². The Morgan fingerprint density at radius 2 is 1.68 bits per heavy atom. The number of aromatic nitrogens is 1. The van der Waals surface area contributed by atoms with Gasteiger partial charge in [-0.3, -0.25) is 4.79 Å². The van der Waals surface area contributed by atoms with E-state index < -0.39 is 0 Å². The number of ether oxygens (including phenoxy) is 1. The molecule has 0 saturated carbocycles. The van der Waals surface area contributed by atoms with E-state index in [1.54, 1.807) is 23.5 Å². The number of rotatable bonds is 16. The molecule has 0 aliphatic heterocycles. The number of carbonyl (C=O) groups is 1. The van der Waals surface area contributed by atoms with Gasteiger partial charge in [-0.05, 0) is 37.6 Å². The fourth-order valence-corrected chi connectivity index (χ4v) is 5.02. The SMILES string of the molecule is CCCCCCCCCCCCOc1cc(NC(=O)c2cccc(C[n+]3csc(C)c3)c2)ccc1Cl.[Br-]. The van der Waals surface area contributed by atoms with Crippen LogP contribution in [0.5, 0.6) is 5.75 Å². The minimum Gasteiger partial charge on any atom is -1.00 e. The summed E-state index contributed by atoms with van der Waals surface area (Å²) in [6, 6.07) is 13.1. The van der Waals surface area contributed by atoms with Gasteiger partial charge in [-0.15, -0.1) is 0 Å². The van der Waals surface area contributed by atoms with E-state index in [1.165, 1.54) is 62.7 Å². The summed E-state index contributed by atoms with van der Waals surface area (Å²) in [5, 5.41) is 3.54. The molecule has 0 bridgehead atoms. The average molecular weight is 608 g/mol. The molecular weight excluding hydrogens is 568 g/mol. The summed E-state index contributed by atoms with van der Waals surface area (Å²) in [4.78, 5) is 14.2. The Morgan fingerprint density at radius 3 is 2.35 bits per heavy atom. The third-order valence-corrected chi connectivity index (χ3v) is 7.39. The molecule has 0 radical (unpaired) electrons. The lowest BCUT2D eigenvalue weighted by molar-refractivity contribution is -0.683. The molecule has 1 N–H and O–H groups in total. The molecule has 202 valence electrons. The molecule has 1 heterocycles. The van der Waals surface area contributed by atoms with E-state index in [0.717, 1.165) is 18.5 Å². The number of nitrogens with zero attached hydrogens (tertiary/aromatic N) is 1. The number of benzene rings is 2. The second-order valence-corrected chi connectivity index (χ2v) is 11.0. The summed E-state index contributed by atoms with van der Waals surface area (Å²) in [6.45, 7) is 5.72. The lowest BCUT2D eigenvalue weighted by Crippen LogP contribution is -3.00. The van der Waals surface area contributed by atoms with Gasteiger partial charge in [0.2, 0.25) is 5.51 Å². The zero-order valence-electron chi connectivity index (χ0n) is 22.1. The van der Waals surface area contributed by atoms with E-state index in [1.807, 2.05) is 30.3 Å². The van der Waals surface area contributed by atoms with E-state index >= 15 is 0 Å². The predicted molar refractivity (Wildman–Crippen MR) is 152 cm³/mol. The number of aryl methyl sites for hydroxylation is 1. The molecule has 0 saturated heterocycles. The minimum atomic E-state index is -0.147. The van der Waals surface area contributed by atoms with Crippen molar-refractivity contribution in [2.75, 3.05) is 11.9 Å². The molecule has 0 aliphatic rings. The number of amides is 1. The lowest BCUT2D eigenvalue weighted by Gasteiger charge is -2.11. The zero-order chi connectivity index (χ0) is 25.6. The highest BCUT2D eigenvalue weighted by Crippen LogP contribution is 2.28. The molecule has 0 fully saturated rings. The van der Waals surface area contributed by atoms with E-state index in [4.69, 9.17) is 16.3 Å². The Bertz CT molecular complexity index is 1090. The van der Waals surface area contributed by atoms with Crippen molar-refractivity contribution in [1.82, 2.24) is 0 Å². The van der Waals surface area contributed by atoms with Crippen molar-refractivity contribution in [1.29, 1.82) is 0 Å². The van der Waals surface area contributed by atoms with E-state index in [0.29, 0.717) is 28.6 Å². The molecule has 7 heteroatoms. The fraction of sp³-hybridized carbons (Fsp3) is 0.467. The Labute approximate surface area is 242 Å². The maximum atomic E-state index is 12.9. The van der Waals surface area contributed by atoms with E-state index in [9.17, 15) is 4.79 Å². The van der Waals surface area contributed by atoms with Crippen molar-refractivity contribution in [3.63, 3.8) is 0 Å². The van der Waals surface area contributed by atoms with Crippen LogP contribution in [0.15, 0.2) is 54.2 Å². The third-order valence-electron chi connectivity index (χ3n) is 6.22. The second-order valence-electron chi connectivity index (χ2n) is 9.47. The number of unbranched alkanes of at least 4 members (excludes halogenated alkanes) is 9. The van der Waals surface area contributed by atoms with Crippen molar-refractivity contribution in [2.24, 2.45) is 0 Å². The van der Waals surface area contributed by atoms with Gasteiger partial charge in [-0.1, -0.05) is 99.8 Å². The molecule has 0 atom stereocenters. The largest absolute Gasteiger partial charge is 1.00 e. The normalized spacial score (nSPS) is 10.7. The number of halogens is 2. The van der Waals surface area contributed by atoms with Gasteiger partial charge in [0.1, 0.15) is 5.75 Å². The molecule has 3 rings (SSSR count). The van der Waals surface area contributed by atoms with E-state index in [-0.39, 0.29) is 22.9 Å². The number of hydrogen-bond donors (Lipinski definition) is 1. The highest BCUT2D eigenvalue weighted by atomic mass is 79.9. The maximum absolute atomic E-state index is 12.9. The second kappa shape index (κ2) is 17.6. The average Bonchev–Trinajstić information content (AvgIpc) is 3.28. The van der Waals surface area contributed by atoms with Crippen LogP contribution in [0, 0.1) is 6.92 Å². The molecule has 3 aromatic rings. The summed E-state index contributed by atoms with van der Waals surface area (Å²) in [5.74, 6) is 0.467. The van der Waals surface area contributed by atoms with Crippen LogP contribution in [0.25, 0.3) is 0 Å². The highest BCUT2D eigenvalue weighted by Gasteiger charge is 2.12. The van der Waals surface area contributed by atoms with E-state index in [2.05, 4.69) is 35.4 Å². The first kappa shape index (κ1) is 31.3. The van der Waals surface area contributed by atoms with Crippen LogP contribution < -0.4 is 31.6 Å². The van der Waals surface area contributed by atoms with Gasteiger partial charge < -0.3 is 27.0 Å². The molecular formula is C30H40BrClN2O2S. The molecule has 0 spiro atoms. The molecule has 4 nitrogen and oxygen atoms in total. The van der Waals surface area contributed by atoms with Gasteiger partial charge >= 0.3 is 0 Å². The highest BCUT2D eigenvalue weighted by molar-refractivity contribution is 7.09. The van der Waals surface area contributed by atoms with Crippen molar-refractivity contribution in [3.05, 3.63) is 75.2 Å². The van der Waals surface area contributed by atoms with Gasteiger partial charge in [0.05, 0.1) is 16.5 Å². The fourth-order valence-electron chi connectivity index (χ4n) is 4.22. The predicted octanol–water partition coefficient (Wildman–Crippen LogP) is 5.60. The summed E-state index contributed by atoms with van der Waals surface area (Å²) >= 11 is 8.06. The summed E-state index contributed by atoms with van der Waals surface area (Å²) in [5.41, 5.74) is 4.48. The van der Waals surface area contributed by atoms with Crippen LogP contribution in [-0.4, -0.2) is 12.5 Å². The van der Waals surface area contributed by atoms with Gasteiger partial charge in [0.15, 0.2) is 12.7 Å². The minimum absolute atomic E-state index is 0. The standard InChI is InChI=1S/C30H39ClN2O2S.BrH/c1-3-4-5-6-7-8-9-10-11-12-18-35-29-20-27(16-17-28(29)31)32-30(34)26-15-13-14-25(19-26)22-33-21-24(2)36-23-33;/h13-17,19-21,23H,3-12,18,22H2,1-2H3;1H. The summed E-state index contributed by atoms with van der Waals surface area (Å²) < 4.78 is 8.07. The van der Waals surface area contributed by atoms with Crippen molar-refractivity contribution in [2.45, 2.75) is 84.6 Å². The van der Waals surface area contributed by atoms with Crippen molar-refractivity contribution < 1.29 is 31.1 Å². The van der Waals surface area contributed by atoms with Gasteiger partial charge in [0, 0.05) is 22.9 Å². The van der Waals surface area contributed by atoms with Crippen molar-refractivity contribution >= 4 is 34.5 Å². The first-order valence-electron chi connectivity index (χ1n) is 13.3. The number of anilines is 1. The van der Waals surface area contributed by atoms with Gasteiger partial charge in [-0.25, -0.2) is 0 Å². The molecule has 1 amide bonds. The smallest absolute Gasteiger partial charge is 0.255 e. The van der Waals surface area contributed by atoms with Crippen LogP contribution in [0.1, 0.15) is 91.9 Å². The molecule has 0 aliphatic carbocycles. The third kappa shape index (κ3) is 11.6. The molecule has 1 aromatic heterocycles. The van der Waals surface area contributed by atoms with Crippen LogP contribution in [0.2, 0.25) is 5.02 Å². The topological polar surface area (TPSA) is 42.2 Å². The summed E-state index contributed by atoms with van der Waals surface area (Å²) in [6.07, 6.45) is 15.0. The molecule has 2 aromatic carbocycles. The van der Waals surface area contributed by atoms with Crippen LogP contribution >= 0.6 is 22.9 Å². The zero-order valence-corrected chi connectivity index (χ0v) is 25.3. The van der Waals surface area contributed by atoms with Crippen LogP contribution in [-0.2, 0) is 6.54 Å². The Hall–Kier alpha value is -1.89. The van der Waals surface area contributed by atoms with Crippen molar-refractivity contribution in [3.8, 4) is 5.75 Å². The van der Waals surface area contributed by atoms with Crippen LogP contribution in [0.3, 0.4) is 0 Å². The monoisotopic (exact) mass is 606 g/mol. The lowest BCUT2D eigenvalue weighted by atomic mass is 10.1. The Balaban J connectivity index is 0.00000481. The quantitative estimate of drug-likeness (QED) is 0.170. The Morgan fingerprint density at radius 1 is 0.973 bits per heavy atom. The molecule has 0 unspecified atom stereocenters. The number of carbonyl (C=O) groups excluding carboxylic acids is 1. The maximum Gasteiger partial charge on any atom is 0.255 e. The Kier molecular flexibility index (Phi) is 14.9. The number of nitrogens with one attached hydrogen (secondary N) is 1. The number of hydrogen-bond acceptors (Lipinski definition) is 3. The number of thiazole rings is 1. The summed E-state index contributed by atoms with van der Waals surface area (Å²) in [7, 11) is 0.